The first-order chi connectivity index (χ1) is 8.13. The lowest BCUT2D eigenvalue weighted by atomic mass is 9.78. The lowest BCUT2D eigenvalue weighted by Gasteiger charge is -2.27. The number of aliphatic hydroxyl groups excluding tert-OH is 1. The van der Waals surface area contributed by atoms with E-state index in [2.05, 4.69) is 20.8 Å². The molecule has 2 N–H and O–H groups in total. The molecule has 18 heavy (non-hydrogen) atoms. The minimum atomic E-state index is -1.24. The van der Waals surface area contributed by atoms with E-state index < -0.39 is 18.0 Å². The molecule has 100 valence electrons. The summed E-state index contributed by atoms with van der Waals surface area (Å²) in [6, 6.07) is 5.77. The maximum Gasteiger partial charge on any atom is 0.316 e. The molecule has 1 unspecified atom stereocenters. The van der Waals surface area contributed by atoms with Gasteiger partial charge in [0.15, 0.2) is 0 Å². The molecule has 0 aliphatic heterocycles. The van der Waals surface area contributed by atoms with Gasteiger partial charge in [0.25, 0.3) is 0 Å². The first-order valence-electron chi connectivity index (χ1n) is 6.09. The number of benzene rings is 1. The smallest absolute Gasteiger partial charge is 0.316 e. The van der Waals surface area contributed by atoms with Crippen molar-refractivity contribution in [2.24, 2.45) is 0 Å². The number of aliphatic hydroxyl groups is 1. The number of carboxylic acids is 1. The van der Waals surface area contributed by atoms with Gasteiger partial charge in [-0.15, -0.1) is 0 Å². The van der Waals surface area contributed by atoms with Crippen LogP contribution in [0.5, 0.6) is 0 Å². The Morgan fingerprint density at radius 3 is 2.11 bits per heavy atom. The summed E-state index contributed by atoms with van der Waals surface area (Å²) >= 11 is 0. The molecular formula is C15H22O3. The maximum atomic E-state index is 11.3. The van der Waals surface area contributed by atoms with E-state index in [-0.39, 0.29) is 5.41 Å². The standard InChI is InChI=1S/C15H22O3/c1-10-8-11(14(2,3)4)6-7-12(10)15(5,9-16)13(17)18/h6-8,16H,9H2,1-5H3,(H,17,18). The summed E-state index contributed by atoms with van der Waals surface area (Å²) in [6.45, 7) is 9.38. The van der Waals surface area contributed by atoms with E-state index in [0.717, 1.165) is 11.1 Å². The molecule has 0 aromatic heterocycles. The van der Waals surface area contributed by atoms with Crippen LogP contribution in [0.2, 0.25) is 0 Å². The van der Waals surface area contributed by atoms with Crippen LogP contribution in [0.3, 0.4) is 0 Å². The summed E-state index contributed by atoms with van der Waals surface area (Å²) < 4.78 is 0. The maximum absolute atomic E-state index is 11.3. The molecule has 0 aliphatic rings. The fourth-order valence-electron chi connectivity index (χ4n) is 2.02. The van der Waals surface area contributed by atoms with Crippen LogP contribution in [0.4, 0.5) is 0 Å². The Hall–Kier alpha value is -1.35. The quantitative estimate of drug-likeness (QED) is 0.867. The van der Waals surface area contributed by atoms with Crippen molar-refractivity contribution in [2.75, 3.05) is 6.61 Å². The summed E-state index contributed by atoms with van der Waals surface area (Å²) in [6.07, 6.45) is 0. The second-order valence-electron chi connectivity index (χ2n) is 6.08. The van der Waals surface area contributed by atoms with E-state index in [1.54, 1.807) is 6.92 Å². The van der Waals surface area contributed by atoms with Gasteiger partial charge < -0.3 is 10.2 Å². The minimum absolute atomic E-state index is 0.0299. The van der Waals surface area contributed by atoms with Crippen LogP contribution in [-0.4, -0.2) is 22.8 Å². The highest BCUT2D eigenvalue weighted by Crippen LogP contribution is 2.31. The van der Waals surface area contributed by atoms with Gasteiger partial charge in [-0.2, -0.15) is 0 Å². The average molecular weight is 250 g/mol. The largest absolute Gasteiger partial charge is 0.481 e. The average Bonchev–Trinajstić information content (AvgIpc) is 2.26. The summed E-state index contributed by atoms with van der Waals surface area (Å²) in [5.74, 6) is -1.00. The Labute approximate surface area is 108 Å². The lowest BCUT2D eigenvalue weighted by Crippen LogP contribution is -2.37. The summed E-state index contributed by atoms with van der Waals surface area (Å²) in [5, 5.41) is 18.7. The lowest BCUT2D eigenvalue weighted by molar-refractivity contribution is -0.144. The van der Waals surface area contributed by atoms with Crippen LogP contribution in [0.15, 0.2) is 18.2 Å². The van der Waals surface area contributed by atoms with E-state index in [0.29, 0.717) is 5.56 Å². The number of carboxylic acid groups (broad SMARTS) is 1. The molecule has 0 saturated carbocycles. The van der Waals surface area contributed by atoms with E-state index in [1.807, 2.05) is 25.1 Å². The zero-order chi connectivity index (χ0) is 14.1. The van der Waals surface area contributed by atoms with Gasteiger partial charge >= 0.3 is 5.97 Å². The van der Waals surface area contributed by atoms with E-state index in [9.17, 15) is 15.0 Å². The first-order valence-corrected chi connectivity index (χ1v) is 6.09. The Morgan fingerprint density at radius 1 is 1.22 bits per heavy atom. The molecule has 1 atom stereocenters. The van der Waals surface area contributed by atoms with E-state index >= 15 is 0 Å². The predicted molar refractivity (Wildman–Crippen MR) is 72.0 cm³/mol. The van der Waals surface area contributed by atoms with Crippen molar-refractivity contribution in [3.05, 3.63) is 34.9 Å². The highest BCUT2D eigenvalue weighted by atomic mass is 16.4. The first kappa shape index (κ1) is 14.7. The minimum Gasteiger partial charge on any atom is -0.481 e. The fourth-order valence-corrected chi connectivity index (χ4v) is 2.02. The highest BCUT2D eigenvalue weighted by molar-refractivity contribution is 5.81. The van der Waals surface area contributed by atoms with Crippen molar-refractivity contribution in [3.8, 4) is 0 Å². The van der Waals surface area contributed by atoms with Gasteiger partial charge in [0.2, 0.25) is 0 Å². The molecule has 1 rings (SSSR count). The third-order valence-corrected chi connectivity index (χ3v) is 3.48. The third kappa shape index (κ3) is 2.56. The molecule has 0 radical (unpaired) electrons. The second kappa shape index (κ2) is 4.73. The summed E-state index contributed by atoms with van der Waals surface area (Å²) in [5.41, 5.74) is 1.53. The Kier molecular flexibility index (Phi) is 3.86. The molecule has 0 bridgehead atoms. The monoisotopic (exact) mass is 250 g/mol. The Bertz CT molecular complexity index is 457. The van der Waals surface area contributed by atoms with Gasteiger partial charge in [-0.05, 0) is 36.0 Å². The van der Waals surface area contributed by atoms with Gasteiger partial charge in [-0.25, -0.2) is 0 Å². The highest BCUT2D eigenvalue weighted by Gasteiger charge is 2.36. The van der Waals surface area contributed by atoms with Crippen LogP contribution in [0.1, 0.15) is 44.4 Å². The molecule has 1 aromatic carbocycles. The van der Waals surface area contributed by atoms with Crippen LogP contribution >= 0.6 is 0 Å². The van der Waals surface area contributed by atoms with Crippen LogP contribution in [-0.2, 0) is 15.6 Å². The van der Waals surface area contributed by atoms with E-state index in [1.165, 1.54) is 0 Å². The van der Waals surface area contributed by atoms with Crippen molar-refractivity contribution >= 4 is 5.97 Å². The molecular weight excluding hydrogens is 228 g/mol. The molecule has 0 fully saturated rings. The number of aliphatic carboxylic acids is 1. The number of hydrogen-bond donors (Lipinski definition) is 2. The third-order valence-electron chi connectivity index (χ3n) is 3.48. The topological polar surface area (TPSA) is 57.5 Å². The molecule has 0 amide bonds. The Balaban J connectivity index is 3.33. The molecule has 0 saturated heterocycles. The SMILES string of the molecule is Cc1cc(C(C)(C)C)ccc1C(C)(CO)C(=O)O. The molecule has 0 spiro atoms. The van der Waals surface area contributed by atoms with Gasteiger partial charge in [0.05, 0.1) is 6.61 Å². The van der Waals surface area contributed by atoms with Gasteiger partial charge in [-0.3, -0.25) is 4.79 Å². The molecule has 0 heterocycles. The molecule has 3 heteroatoms. The number of aryl methyl sites for hydroxylation is 1. The molecule has 3 nitrogen and oxygen atoms in total. The van der Waals surface area contributed by atoms with Crippen molar-refractivity contribution in [1.82, 2.24) is 0 Å². The van der Waals surface area contributed by atoms with Crippen LogP contribution < -0.4 is 0 Å². The van der Waals surface area contributed by atoms with Gasteiger partial charge in [0, 0.05) is 0 Å². The van der Waals surface area contributed by atoms with E-state index in [4.69, 9.17) is 0 Å². The molecule has 0 aliphatic carbocycles. The van der Waals surface area contributed by atoms with Crippen LogP contribution in [0.25, 0.3) is 0 Å². The predicted octanol–water partition coefficient (Wildman–Crippen LogP) is 2.63. The number of hydrogen-bond acceptors (Lipinski definition) is 2. The van der Waals surface area contributed by atoms with Crippen molar-refractivity contribution in [1.29, 1.82) is 0 Å². The van der Waals surface area contributed by atoms with Crippen molar-refractivity contribution in [2.45, 2.75) is 45.4 Å². The van der Waals surface area contributed by atoms with Crippen molar-refractivity contribution < 1.29 is 15.0 Å². The summed E-state index contributed by atoms with van der Waals surface area (Å²) in [7, 11) is 0. The van der Waals surface area contributed by atoms with Crippen molar-refractivity contribution in [3.63, 3.8) is 0 Å². The summed E-state index contributed by atoms with van der Waals surface area (Å²) in [4.78, 5) is 11.3. The number of carbonyl (C=O) groups is 1. The second-order valence-corrected chi connectivity index (χ2v) is 6.08. The van der Waals surface area contributed by atoms with Gasteiger partial charge in [-0.1, -0.05) is 39.0 Å². The zero-order valence-electron chi connectivity index (χ0n) is 11.7. The fraction of sp³-hybridized carbons (Fsp3) is 0.533. The molecule has 1 aromatic rings. The number of rotatable bonds is 3. The van der Waals surface area contributed by atoms with Gasteiger partial charge in [0.1, 0.15) is 5.41 Å². The zero-order valence-corrected chi connectivity index (χ0v) is 11.7. The Morgan fingerprint density at radius 2 is 1.78 bits per heavy atom. The van der Waals surface area contributed by atoms with Crippen LogP contribution in [0, 0.1) is 6.92 Å². The normalized spacial score (nSPS) is 15.2.